The number of benzene rings is 1. The lowest BCUT2D eigenvalue weighted by molar-refractivity contribution is -0.119. The Kier molecular flexibility index (Phi) is 4.64. The van der Waals surface area contributed by atoms with Crippen LogP contribution in [0.1, 0.15) is 50.3 Å². The number of carbonyl (C=O) groups excluding carboxylic acids is 1. The average molecular weight is 302 g/mol. The molecule has 0 bridgehead atoms. The molecule has 120 valence electrons. The van der Waals surface area contributed by atoms with Crippen LogP contribution in [-0.4, -0.2) is 16.0 Å². The summed E-state index contributed by atoms with van der Waals surface area (Å²) in [5.74, 6) is 0.484. The second-order valence-electron chi connectivity index (χ2n) is 6.51. The van der Waals surface area contributed by atoms with Crippen molar-refractivity contribution in [2.45, 2.75) is 47.5 Å². The van der Waals surface area contributed by atoms with Gasteiger partial charge in [0, 0.05) is 11.8 Å². The fourth-order valence-electron chi connectivity index (χ4n) is 3.77. The number of hydrogen-bond donors (Lipinski definition) is 2. The first-order valence-electron chi connectivity index (χ1n) is 8.11. The lowest BCUT2D eigenvalue weighted by Crippen LogP contribution is -2.24. The van der Waals surface area contributed by atoms with Crippen LogP contribution in [0.3, 0.4) is 0 Å². The molecule has 0 aromatic heterocycles. The van der Waals surface area contributed by atoms with E-state index in [0.717, 1.165) is 29.5 Å². The monoisotopic (exact) mass is 302 g/mol. The van der Waals surface area contributed by atoms with Crippen molar-refractivity contribution in [2.24, 2.45) is 17.8 Å². The molecule has 3 atom stereocenters. The van der Waals surface area contributed by atoms with E-state index in [4.69, 9.17) is 0 Å². The van der Waals surface area contributed by atoms with Gasteiger partial charge in [-0.1, -0.05) is 27.2 Å². The summed E-state index contributed by atoms with van der Waals surface area (Å²) in [6.45, 7) is 9.91. The number of carbonyl (C=O) groups is 1. The number of ketones is 1. The summed E-state index contributed by atoms with van der Waals surface area (Å²) in [4.78, 5) is 13.0. The molecular formula is C19H26O3. The van der Waals surface area contributed by atoms with Gasteiger partial charge in [0.2, 0.25) is 0 Å². The Hall–Kier alpha value is -1.77. The smallest absolute Gasteiger partial charge is 0.170 e. The first-order chi connectivity index (χ1) is 10.3. The minimum atomic E-state index is -0.141. The van der Waals surface area contributed by atoms with E-state index in [0.29, 0.717) is 5.57 Å². The molecule has 0 fully saturated rings. The lowest BCUT2D eigenvalue weighted by Gasteiger charge is -2.23. The fraction of sp³-hybridized carbons (Fsp3) is 0.526. The molecule has 3 nitrogen and oxygen atoms in total. The molecule has 0 saturated heterocycles. The molecule has 1 aromatic rings. The van der Waals surface area contributed by atoms with Gasteiger partial charge < -0.3 is 10.2 Å². The van der Waals surface area contributed by atoms with Gasteiger partial charge in [0.05, 0.1) is 5.57 Å². The van der Waals surface area contributed by atoms with Crippen molar-refractivity contribution in [2.75, 3.05) is 0 Å². The Morgan fingerprint density at radius 2 is 1.68 bits per heavy atom. The summed E-state index contributed by atoms with van der Waals surface area (Å²) >= 11 is 0. The van der Waals surface area contributed by atoms with Gasteiger partial charge in [0.15, 0.2) is 5.78 Å². The van der Waals surface area contributed by atoms with E-state index >= 15 is 0 Å². The highest BCUT2D eigenvalue weighted by atomic mass is 16.3. The number of aliphatic hydroxyl groups is 1. The van der Waals surface area contributed by atoms with Gasteiger partial charge >= 0.3 is 0 Å². The second-order valence-corrected chi connectivity index (χ2v) is 6.51. The van der Waals surface area contributed by atoms with Crippen LogP contribution in [0.2, 0.25) is 0 Å². The van der Waals surface area contributed by atoms with E-state index in [-0.39, 0.29) is 35.0 Å². The van der Waals surface area contributed by atoms with E-state index in [1.54, 1.807) is 12.1 Å². The first-order valence-corrected chi connectivity index (χ1v) is 8.11. The van der Waals surface area contributed by atoms with Crippen LogP contribution >= 0.6 is 0 Å². The van der Waals surface area contributed by atoms with Gasteiger partial charge in [-0.2, -0.15) is 0 Å². The third-order valence-electron chi connectivity index (χ3n) is 5.05. The number of phenolic OH excluding ortho intramolecular Hbond substituents is 1. The van der Waals surface area contributed by atoms with Gasteiger partial charge in [-0.15, -0.1) is 0 Å². The van der Waals surface area contributed by atoms with E-state index in [1.165, 1.54) is 0 Å². The van der Waals surface area contributed by atoms with Crippen molar-refractivity contribution >= 4 is 11.4 Å². The molecular weight excluding hydrogens is 276 g/mol. The van der Waals surface area contributed by atoms with Crippen LogP contribution in [0.15, 0.2) is 17.9 Å². The number of phenols is 1. The van der Waals surface area contributed by atoms with Crippen molar-refractivity contribution < 1.29 is 15.0 Å². The van der Waals surface area contributed by atoms with Crippen LogP contribution in [0, 0.1) is 31.6 Å². The minimum Gasteiger partial charge on any atom is -0.511 e. The van der Waals surface area contributed by atoms with Crippen molar-refractivity contribution in [3.05, 3.63) is 34.6 Å². The minimum absolute atomic E-state index is 0.0515. The highest BCUT2D eigenvalue weighted by Gasteiger charge is 2.44. The van der Waals surface area contributed by atoms with Gasteiger partial charge in [0.25, 0.3) is 0 Å². The van der Waals surface area contributed by atoms with E-state index in [9.17, 15) is 15.0 Å². The van der Waals surface area contributed by atoms with Gasteiger partial charge in [-0.3, -0.25) is 4.79 Å². The molecule has 2 rings (SSSR count). The summed E-state index contributed by atoms with van der Waals surface area (Å²) in [7, 11) is 0. The summed E-state index contributed by atoms with van der Waals surface area (Å²) in [5, 5.41) is 20.4. The van der Waals surface area contributed by atoms with Crippen molar-refractivity contribution in [1.29, 1.82) is 0 Å². The molecule has 0 radical (unpaired) electrons. The molecule has 1 aliphatic carbocycles. The maximum atomic E-state index is 13.0. The number of aromatic hydroxyl groups is 1. The fourth-order valence-corrected chi connectivity index (χ4v) is 3.77. The molecule has 0 aliphatic heterocycles. The topological polar surface area (TPSA) is 57.5 Å². The molecule has 0 spiro atoms. The zero-order chi connectivity index (χ0) is 16.6. The Balaban J connectivity index is 2.60. The molecule has 1 aliphatic rings. The number of rotatable bonds is 4. The molecule has 0 amide bonds. The maximum absolute atomic E-state index is 13.0. The average Bonchev–Trinajstić information content (AvgIpc) is 2.69. The largest absolute Gasteiger partial charge is 0.511 e. The Morgan fingerprint density at radius 1 is 1.14 bits per heavy atom. The zero-order valence-electron chi connectivity index (χ0n) is 14.1. The predicted octanol–water partition coefficient (Wildman–Crippen LogP) is 4.55. The maximum Gasteiger partial charge on any atom is 0.170 e. The predicted molar refractivity (Wildman–Crippen MR) is 88.9 cm³/mol. The molecule has 22 heavy (non-hydrogen) atoms. The molecule has 3 unspecified atom stereocenters. The highest BCUT2D eigenvalue weighted by Crippen LogP contribution is 2.45. The number of hydrogen-bond acceptors (Lipinski definition) is 3. The number of allylic oxidation sites excluding steroid dienone is 2. The number of aryl methyl sites for hydroxylation is 2. The summed E-state index contributed by atoms with van der Waals surface area (Å²) < 4.78 is 0. The number of aliphatic hydroxyl groups excluding tert-OH is 1. The molecule has 1 aromatic carbocycles. The Morgan fingerprint density at radius 3 is 2.14 bits per heavy atom. The van der Waals surface area contributed by atoms with Crippen LogP contribution < -0.4 is 0 Å². The standard InChI is InChI=1S/C19H26O3/c1-6-10(3)16-14(7-2)18(21)17(19(16)22)15-11(4)8-13(20)9-12(15)5/h8-10,14,16,20-21H,6-7H2,1-5H3. The molecule has 0 saturated carbocycles. The Labute approximate surface area is 132 Å². The lowest BCUT2D eigenvalue weighted by atomic mass is 9.80. The SMILES string of the molecule is CCC(C)C1C(=O)C(c2c(C)cc(O)cc2C)=C(O)C1CC. The van der Waals surface area contributed by atoms with E-state index < -0.39 is 0 Å². The van der Waals surface area contributed by atoms with Crippen LogP contribution in [0.25, 0.3) is 5.57 Å². The summed E-state index contributed by atoms with van der Waals surface area (Å²) in [5.41, 5.74) is 2.90. The van der Waals surface area contributed by atoms with Crippen molar-refractivity contribution in [3.63, 3.8) is 0 Å². The highest BCUT2D eigenvalue weighted by molar-refractivity contribution is 6.25. The molecule has 2 N–H and O–H groups in total. The summed E-state index contributed by atoms with van der Waals surface area (Å²) in [6.07, 6.45) is 1.67. The number of Topliss-reactive ketones (excluding diaryl/α,β-unsaturated/α-hetero) is 1. The third kappa shape index (κ3) is 2.53. The van der Waals surface area contributed by atoms with E-state index in [2.05, 4.69) is 13.8 Å². The second kappa shape index (κ2) is 6.15. The first kappa shape index (κ1) is 16.6. The van der Waals surface area contributed by atoms with Crippen LogP contribution in [0.4, 0.5) is 0 Å². The van der Waals surface area contributed by atoms with Gasteiger partial charge in [-0.25, -0.2) is 0 Å². The quantitative estimate of drug-likeness (QED) is 0.858. The molecule has 3 heteroatoms. The van der Waals surface area contributed by atoms with Crippen molar-refractivity contribution in [3.8, 4) is 5.75 Å². The van der Waals surface area contributed by atoms with Crippen molar-refractivity contribution in [1.82, 2.24) is 0 Å². The van der Waals surface area contributed by atoms with Crippen LogP contribution in [0.5, 0.6) is 5.75 Å². The zero-order valence-corrected chi connectivity index (χ0v) is 14.1. The third-order valence-corrected chi connectivity index (χ3v) is 5.05. The van der Waals surface area contributed by atoms with Gasteiger partial charge in [0.1, 0.15) is 11.5 Å². The van der Waals surface area contributed by atoms with E-state index in [1.807, 2.05) is 20.8 Å². The molecule has 0 heterocycles. The Bertz CT molecular complexity index is 605. The normalized spacial score (nSPS) is 23.2. The summed E-state index contributed by atoms with van der Waals surface area (Å²) in [6, 6.07) is 3.29. The van der Waals surface area contributed by atoms with Gasteiger partial charge in [-0.05, 0) is 55.0 Å². The van der Waals surface area contributed by atoms with Crippen LogP contribution in [-0.2, 0) is 4.79 Å².